The lowest BCUT2D eigenvalue weighted by atomic mass is 9.98. The van der Waals surface area contributed by atoms with Crippen LogP contribution in [0, 0.1) is 5.92 Å². The SMILES string of the molecule is O=C(C1CN(c2cnc3cc(Cl)ccc3n2)C1)N1CCSCC1. The van der Waals surface area contributed by atoms with E-state index in [1.54, 1.807) is 6.20 Å². The predicted molar refractivity (Wildman–Crippen MR) is 94.2 cm³/mol. The van der Waals surface area contributed by atoms with Crippen LogP contribution in [-0.4, -0.2) is 58.5 Å². The molecule has 7 heteroatoms. The van der Waals surface area contributed by atoms with E-state index in [1.807, 2.05) is 34.9 Å². The van der Waals surface area contributed by atoms with Crippen molar-refractivity contribution in [1.82, 2.24) is 14.9 Å². The fourth-order valence-corrected chi connectivity index (χ4v) is 4.06. The minimum absolute atomic E-state index is 0.0980. The highest BCUT2D eigenvalue weighted by Crippen LogP contribution is 2.26. The molecule has 0 saturated carbocycles. The predicted octanol–water partition coefficient (Wildman–Crippen LogP) is 2.29. The van der Waals surface area contributed by atoms with Crippen LogP contribution < -0.4 is 4.90 Å². The van der Waals surface area contributed by atoms with Crippen molar-refractivity contribution >= 4 is 46.1 Å². The number of hydrogen-bond donors (Lipinski definition) is 0. The van der Waals surface area contributed by atoms with E-state index in [1.165, 1.54) is 0 Å². The lowest BCUT2D eigenvalue weighted by Crippen LogP contribution is -2.56. The molecular formula is C16H17ClN4OS. The van der Waals surface area contributed by atoms with Crippen molar-refractivity contribution in [2.24, 2.45) is 5.92 Å². The molecule has 23 heavy (non-hydrogen) atoms. The number of fused-ring (bicyclic) bond motifs is 1. The van der Waals surface area contributed by atoms with Gasteiger partial charge < -0.3 is 9.80 Å². The van der Waals surface area contributed by atoms with Crippen molar-refractivity contribution in [1.29, 1.82) is 0 Å². The molecule has 0 aliphatic carbocycles. The van der Waals surface area contributed by atoms with E-state index in [2.05, 4.69) is 14.9 Å². The van der Waals surface area contributed by atoms with Crippen LogP contribution in [0.25, 0.3) is 11.0 Å². The number of carbonyl (C=O) groups is 1. The van der Waals surface area contributed by atoms with Gasteiger partial charge in [-0.15, -0.1) is 0 Å². The summed E-state index contributed by atoms with van der Waals surface area (Å²) in [4.78, 5) is 25.6. The Morgan fingerprint density at radius 3 is 2.78 bits per heavy atom. The molecule has 4 rings (SSSR count). The molecule has 2 aliphatic heterocycles. The summed E-state index contributed by atoms with van der Waals surface area (Å²) in [6, 6.07) is 5.51. The highest BCUT2D eigenvalue weighted by atomic mass is 35.5. The molecule has 2 fully saturated rings. The van der Waals surface area contributed by atoms with Gasteiger partial charge in [0.2, 0.25) is 5.91 Å². The van der Waals surface area contributed by atoms with Crippen LogP contribution in [-0.2, 0) is 4.79 Å². The first kappa shape index (κ1) is 15.0. The van der Waals surface area contributed by atoms with Crippen molar-refractivity contribution in [2.45, 2.75) is 0 Å². The smallest absolute Gasteiger partial charge is 0.229 e. The van der Waals surface area contributed by atoms with Crippen LogP contribution in [0.3, 0.4) is 0 Å². The third-order valence-electron chi connectivity index (χ3n) is 4.37. The van der Waals surface area contributed by atoms with Crippen LogP contribution >= 0.6 is 23.4 Å². The highest BCUT2D eigenvalue weighted by Gasteiger charge is 2.36. The Kier molecular flexibility index (Phi) is 4.03. The molecule has 2 aliphatic rings. The van der Waals surface area contributed by atoms with Gasteiger partial charge in [-0.3, -0.25) is 9.78 Å². The number of amides is 1. The number of halogens is 1. The maximum absolute atomic E-state index is 12.4. The van der Waals surface area contributed by atoms with Crippen LogP contribution in [0.15, 0.2) is 24.4 Å². The summed E-state index contributed by atoms with van der Waals surface area (Å²) in [5, 5.41) is 0.661. The molecule has 0 N–H and O–H groups in total. The molecule has 120 valence electrons. The van der Waals surface area contributed by atoms with Gasteiger partial charge in [-0.25, -0.2) is 4.98 Å². The first-order valence-corrected chi connectivity index (χ1v) is 9.28. The number of hydrogen-bond acceptors (Lipinski definition) is 5. The lowest BCUT2D eigenvalue weighted by Gasteiger charge is -2.41. The van der Waals surface area contributed by atoms with E-state index in [0.717, 1.165) is 54.5 Å². The third kappa shape index (κ3) is 2.97. The number of nitrogens with zero attached hydrogens (tertiary/aromatic N) is 4. The van der Waals surface area contributed by atoms with Crippen molar-refractivity contribution in [3.05, 3.63) is 29.4 Å². The molecule has 2 aromatic rings. The van der Waals surface area contributed by atoms with Gasteiger partial charge in [0.05, 0.1) is 23.1 Å². The van der Waals surface area contributed by atoms with Crippen LogP contribution in [0.2, 0.25) is 5.02 Å². The first-order chi connectivity index (χ1) is 11.2. The average molecular weight is 349 g/mol. The van der Waals surface area contributed by atoms with Crippen LogP contribution in [0.1, 0.15) is 0 Å². The van der Waals surface area contributed by atoms with E-state index >= 15 is 0 Å². The number of benzene rings is 1. The number of rotatable bonds is 2. The number of carbonyl (C=O) groups excluding carboxylic acids is 1. The molecule has 1 amide bonds. The van der Waals surface area contributed by atoms with Crippen molar-refractivity contribution < 1.29 is 4.79 Å². The molecule has 2 saturated heterocycles. The van der Waals surface area contributed by atoms with Gasteiger partial charge in [0.15, 0.2) is 0 Å². The fourth-order valence-electron chi connectivity index (χ4n) is 2.99. The van der Waals surface area contributed by atoms with E-state index in [-0.39, 0.29) is 5.92 Å². The fraction of sp³-hybridized carbons (Fsp3) is 0.438. The highest BCUT2D eigenvalue weighted by molar-refractivity contribution is 7.99. The molecule has 3 heterocycles. The van der Waals surface area contributed by atoms with Crippen molar-refractivity contribution in [3.63, 3.8) is 0 Å². The summed E-state index contributed by atoms with van der Waals surface area (Å²) in [6.07, 6.45) is 1.76. The monoisotopic (exact) mass is 348 g/mol. The maximum atomic E-state index is 12.4. The topological polar surface area (TPSA) is 49.3 Å². The summed E-state index contributed by atoms with van der Waals surface area (Å²) < 4.78 is 0. The Hall–Kier alpha value is -1.53. The quantitative estimate of drug-likeness (QED) is 0.833. The maximum Gasteiger partial charge on any atom is 0.229 e. The zero-order chi connectivity index (χ0) is 15.8. The van der Waals surface area contributed by atoms with Gasteiger partial charge >= 0.3 is 0 Å². The van der Waals surface area contributed by atoms with Gasteiger partial charge in [-0.1, -0.05) is 11.6 Å². The lowest BCUT2D eigenvalue weighted by molar-refractivity contribution is -0.135. The van der Waals surface area contributed by atoms with E-state index in [4.69, 9.17) is 11.6 Å². The number of aromatic nitrogens is 2. The van der Waals surface area contributed by atoms with Crippen LogP contribution in [0.4, 0.5) is 5.82 Å². The molecule has 1 aromatic carbocycles. The van der Waals surface area contributed by atoms with Gasteiger partial charge in [-0.05, 0) is 18.2 Å². The molecular weight excluding hydrogens is 332 g/mol. The van der Waals surface area contributed by atoms with Crippen molar-refractivity contribution in [2.75, 3.05) is 42.6 Å². The Labute approximate surface area is 144 Å². The van der Waals surface area contributed by atoms with Crippen LogP contribution in [0.5, 0.6) is 0 Å². The van der Waals surface area contributed by atoms with E-state index in [9.17, 15) is 4.79 Å². The Morgan fingerprint density at radius 2 is 2.00 bits per heavy atom. The zero-order valence-electron chi connectivity index (χ0n) is 12.6. The van der Waals surface area contributed by atoms with E-state index in [0.29, 0.717) is 10.9 Å². The summed E-state index contributed by atoms with van der Waals surface area (Å²) in [6.45, 7) is 3.24. The molecule has 5 nitrogen and oxygen atoms in total. The number of anilines is 1. The average Bonchev–Trinajstić information content (AvgIpc) is 2.54. The van der Waals surface area contributed by atoms with Gasteiger partial charge in [-0.2, -0.15) is 11.8 Å². The molecule has 0 bridgehead atoms. The van der Waals surface area contributed by atoms with Crippen molar-refractivity contribution in [3.8, 4) is 0 Å². The molecule has 0 radical (unpaired) electrons. The van der Waals surface area contributed by atoms with Gasteiger partial charge in [0.25, 0.3) is 0 Å². The minimum Gasteiger partial charge on any atom is -0.354 e. The summed E-state index contributed by atoms with van der Waals surface area (Å²) in [5.74, 6) is 3.34. The second-order valence-electron chi connectivity index (χ2n) is 5.90. The number of thioether (sulfide) groups is 1. The standard InChI is InChI=1S/C16H17ClN4OS/c17-12-1-2-13-14(7-12)18-8-15(19-13)21-9-11(10-21)16(22)20-3-5-23-6-4-20/h1-2,7-8,11H,3-6,9-10H2. The molecule has 0 spiro atoms. The normalized spacial score (nSPS) is 19.0. The Morgan fingerprint density at radius 1 is 1.22 bits per heavy atom. The van der Waals surface area contributed by atoms with Gasteiger partial charge in [0, 0.05) is 42.7 Å². The second-order valence-corrected chi connectivity index (χ2v) is 7.56. The van der Waals surface area contributed by atoms with Gasteiger partial charge in [0.1, 0.15) is 5.82 Å². The van der Waals surface area contributed by atoms with E-state index < -0.39 is 0 Å². The minimum atomic E-state index is 0.0980. The zero-order valence-corrected chi connectivity index (χ0v) is 14.2. The molecule has 1 aromatic heterocycles. The Bertz CT molecular complexity index is 744. The Balaban J connectivity index is 1.43. The summed E-state index contributed by atoms with van der Waals surface area (Å²) in [7, 11) is 0. The first-order valence-electron chi connectivity index (χ1n) is 7.74. The second kappa shape index (κ2) is 6.17. The summed E-state index contributed by atoms with van der Waals surface area (Å²) >= 11 is 7.89. The summed E-state index contributed by atoms with van der Waals surface area (Å²) in [5.41, 5.74) is 1.62. The molecule has 0 unspecified atom stereocenters. The molecule has 0 atom stereocenters. The third-order valence-corrected chi connectivity index (χ3v) is 5.55. The largest absolute Gasteiger partial charge is 0.354 e.